The zero-order valence-corrected chi connectivity index (χ0v) is 14.3. The molecule has 124 valence electrons. The van der Waals surface area contributed by atoms with Crippen LogP contribution < -0.4 is 10.6 Å². The van der Waals surface area contributed by atoms with Crippen LogP contribution in [0.2, 0.25) is 0 Å². The van der Waals surface area contributed by atoms with E-state index in [1.807, 2.05) is 18.2 Å². The van der Waals surface area contributed by atoms with Gasteiger partial charge in [0, 0.05) is 16.8 Å². The van der Waals surface area contributed by atoms with E-state index < -0.39 is 0 Å². The van der Waals surface area contributed by atoms with Crippen molar-refractivity contribution in [3.05, 3.63) is 71.3 Å². The summed E-state index contributed by atoms with van der Waals surface area (Å²) in [4.78, 5) is 0. The lowest BCUT2D eigenvalue weighted by Crippen LogP contribution is -2.20. The molecule has 3 aromatic rings. The third-order valence-electron chi connectivity index (χ3n) is 4.57. The van der Waals surface area contributed by atoms with Crippen molar-refractivity contribution in [1.29, 1.82) is 5.41 Å². The zero-order valence-electron chi connectivity index (χ0n) is 14.3. The summed E-state index contributed by atoms with van der Waals surface area (Å²) in [5, 5.41) is 17.0. The van der Waals surface area contributed by atoms with Gasteiger partial charge in [-0.1, -0.05) is 61.9 Å². The molecule has 3 heteroatoms. The molecule has 3 N–H and O–H groups in total. The van der Waals surface area contributed by atoms with Crippen LogP contribution in [0.4, 0.5) is 11.4 Å². The van der Waals surface area contributed by atoms with E-state index >= 15 is 0 Å². The van der Waals surface area contributed by atoms with Crippen LogP contribution >= 0.6 is 0 Å². The predicted octanol–water partition coefficient (Wildman–Crippen LogP) is 5.73. The summed E-state index contributed by atoms with van der Waals surface area (Å²) in [6, 6.07) is 18.7. The molecule has 0 heterocycles. The Balaban J connectivity index is 1.53. The SMILES string of the molecule is CCCc1ccc(NC(=N)Nc2ccc3c4c(cccc24)C=C3)cc1. The van der Waals surface area contributed by atoms with Gasteiger partial charge in [0.25, 0.3) is 0 Å². The Morgan fingerprint density at radius 2 is 1.64 bits per heavy atom. The minimum Gasteiger partial charge on any atom is -0.326 e. The predicted molar refractivity (Wildman–Crippen MR) is 108 cm³/mol. The van der Waals surface area contributed by atoms with Crippen molar-refractivity contribution in [3.63, 3.8) is 0 Å². The Morgan fingerprint density at radius 3 is 2.40 bits per heavy atom. The first-order chi connectivity index (χ1) is 12.2. The van der Waals surface area contributed by atoms with E-state index in [2.05, 4.69) is 66.1 Å². The lowest BCUT2D eigenvalue weighted by atomic mass is 10.0. The minimum absolute atomic E-state index is 0.273. The Bertz CT molecular complexity index is 956. The van der Waals surface area contributed by atoms with Crippen molar-refractivity contribution in [2.45, 2.75) is 19.8 Å². The van der Waals surface area contributed by atoms with Gasteiger partial charge in [0.05, 0.1) is 0 Å². The molecule has 25 heavy (non-hydrogen) atoms. The Kier molecular flexibility index (Phi) is 3.98. The molecule has 0 amide bonds. The molecule has 3 nitrogen and oxygen atoms in total. The van der Waals surface area contributed by atoms with Crippen molar-refractivity contribution in [2.24, 2.45) is 0 Å². The first kappa shape index (κ1) is 15.5. The summed E-state index contributed by atoms with van der Waals surface area (Å²) in [5.41, 5.74) is 5.67. The fourth-order valence-corrected chi connectivity index (χ4v) is 3.38. The Labute approximate surface area is 147 Å². The van der Waals surface area contributed by atoms with E-state index in [1.54, 1.807) is 0 Å². The lowest BCUT2D eigenvalue weighted by Gasteiger charge is -2.14. The number of anilines is 2. The zero-order chi connectivity index (χ0) is 17.2. The van der Waals surface area contributed by atoms with E-state index in [1.165, 1.54) is 22.1 Å². The van der Waals surface area contributed by atoms with Gasteiger partial charge in [-0.2, -0.15) is 0 Å². The molecular weight excluding hydrogens is 306 g/mol. The second-order valence-corrected chi connectivity index (χ2v) is 6.38. The van der Waals surface area contributed by atoms with Gasteiger partial charge >= 0.3 is 0 Å². The smallest absolute Gasteiger partial charge is 0.197 e. The highest BCUT2D eigenvalue weighted by molar-refractivity contribution is 6.13. The minimum atomic E-state index is 0.273. The Hall–Kier alpha value is -3.07. The van der Waals surface area contributed by atoms with Crippen LogP contribution in [-0.2, 0) is 6.42 Å². The van der Waals surface area contributed by atoms with Gasteiger partial charge in [0.1, 0.15) is 0 Å². The molecule has 0 aliphatic heterocycles. The van der Waals surface area contributed by atoms with E-state index in [0.717, 1.165) is 29.6 Å². The number of aryl methyl sites for hydroxylation is 1. The Morgan fingerprint density at radius 1 is 0.880 bits per heavy atom. The summed E-state index contributed by atoms with van der Waals surface area (Å²) < 4.78 is 0. The molecule has 0 fully saturated rings. The molecule has 4 rings (SSSR count). The summed E-state index contributed by atoms with van der Waals surface area (Å²) in [5.74, 6) is 0.273. The molecule has 0 aromatic heterocycles. The highest BCUT2D eigenvalue weighted by Crippen LogP contribution is 2.35. The molecule has 0 radical (unpaired) electrons. The normalized spacial score (nSPS) is 11.7. The van der Waals surface area contributed by atoms with Gasteiger partial charge in [-0.25, -0.2) is 0 Å². The largest absolute Gasteiger partial charge is 0.326 e. The molecule has 3 aromatic carbocycles. The second-order valence-electron chi connectivity index (χ2n) is 6.38. The van der Waals surface area contributed by atoms with E-state index in [-0.39, 0.29) is 5.96 Å². The molecule has 1 aliphatic rings. The third-order valence-corrected chi connectivity index (χ3v) is 4.57. The molecule has 0 spiro atoms. The number of rotatable bonds is 4. The first-order valence-corrected chi connectivity index (χ1v) is 8.70. The van der Waals surface area contributed by atoms with Crippen molar-refractivity contribution >= 4 is 40.3 Å². The van der Waals surface area contributed by atoms with Crippen LogP contribution in [0.3, 0.4) is 0 Å². The maximum absolute atomic E-state index is 8.26. The molecule has 0 atom stereocenters. The maximum Gasteiger partial charge on any atom is 0.197 e. The number of guanidine groups is 1. The highest BCUT2D eigenvalue weighted by atomic mass is 15.1. The van der Waals surface area contributed by atoms with Gasteiger partial charge in [0.15, 0.2) is 5.96 Å². The highest BCUT2D eigenvalue weighted by Gasteiger charge is 2.12. The topological polar surface area (TPSA) is 47.9 Å². The third kappa shape index (κ3) is 3.01. The van der Waals surface area contributed by atoms with Gasteiger partial charge in [0.2, 0.25) is 0 Å². The fraction of sp³-hybridized carbons (Fsp3) is 0.136. The van der Waals surface area contributed by atoms with Crippen LogP contribution in [0.1, 0.15) is 30.0 Å². The summed E-state index contributed by atoms with van der Waals surface area (Å²) >= 11 is 0. The quantitative estimate of drug-likeness (QED) is 0.331. The number of nitrogens with one attached hydrogen (secondary N) is 3. The van der Waals surface area contributed by atoms with Gasteiger partial charge < -0.3 is 10.6 Å². The van der Waals surface area contributed by atoms with E-state index in [9.17, 15) is 0 Å². The van der Waals surface area contributed by atoms with Crippen LogP contribution in [-0.4, -0.2) is 5.96 Å². The average molecular weight is 327 g/mol. The van der Waals surface area contributed by atoms with Crippen molar-refractivity contribution < 1.29 is 0 Å². The summed E-state index contributed by atoms with van der Waals surface area (Å²) in [6.07, 6.45) is 6.51. The standard InChI is InChI=1S/C22H21N3/c1-2-4-15-7-12-18(13-8-15)24-22(23)25-20-14-11-17-10-9-16-5-3-6-19(20)21(16)17/h3,5-14H,2,4H2,1H3,(H3,23,24,25). The van der Waals surface area contributed by atoms with Crippen LogP contribution in [0.15, 0.2) is 54.6 Å². The molecule has 0 saturated heterocycles. The fourth-order valence-electron chi connectivity index (χ4n) is 3.38. The van der Waals surface area contributed by atoms with Crippen molar-refractivity contribution in [1.82, 2.24) is 0 Å². The van der Waals surface area contributed by atoms with Crippen LogP contribution in [0.5, 0.6) is 0 Å². The molecule has 0 saturated carbocycles. The average Bonchev–Trinajstić information content (AvgIpc) is 3.04. The second kappa shape index (κ2) is 6.44. The number of benzene rings is 3. The number of hydrogen-bond donors (Lipinski definition) is 3. The van der Waals surface area contributed by atoms with Crippen LogP contribution in [0, 0.1) is 5.41 Å². The van der Waals surface area contributed by atoms with Crippen molar-refractivity contribution in [3.8, 4) is 0 Å². The maximum atomic E-state index is 8.26. The van der Waals surface area contributed by atoms with E-state index in [4.69, 9.17) is 5.41 Å². The monoisotopic (exact) mass is 327 g/mol. The van der Waals surface area contributed by atoms with Gasteiger partial charge in [-0.3, -0.25) is 5.41 Å². The van der Waals surface area contributed by atoms with Gasteiger partial charge in [-0.05, 0) is 46.7 Å². The number of hydrogen-bond acceptors (Lipinski definition) is 1. The lowest BCUT2D eigenvalue weighted by molar-refractivity contribution is 0.922. The summed E-state index contributed by atoms with van der Waals surface area (Å²) in [6.45, 7) is 2.18. The van der Waals surface area contributed by atoms with E-state index in [0.29, 0.717) is 0 Å². The first-order valence-electron chi connectivity index (χ1n) is 8.70. The van der Waals surface area contributed by atoms with Gasteiger partial charge in [-0.15, -0.1) is 0 Å². The molecule has 1 aliphatic carbocycles. The molecule has 0 unspecified atom stereocenters. The molecule has 0 bridgehead atoms. The van der Waals surface area contributed by atoms with Crippen molar-refractivity contribution in [2.75, 3.05) is 10.6 Å². The van der Waals surface area contributed by atoms with Crippen LogP contribution in [0.25, 0.3) is 22.9 Å². The summed E-state index contributed by atoms with van der Waals surface area (Å²) in [7, 11) is 0. The molecular formula is C22H21N3.